The lowest BCUT2D eigenvalue weighted by Crippen LogP contribution is -2.32. The van der Waals surface area contributed by atoms with Crippen molar-refractivity contribution >= 4 is 11.7 Å². The van der Waals surface area contributed by atoms with E-state index in [0.717, 1.165) is 36.9 Å². The van der Waals surface area contributed by atoms with E-state index in [4.69, 9.17) is 4.74 Å². The van der Waals surface area contributed by atoms with Gasteiger partial charge in [0, 0.05) is 11.2 Å². The Morgan fingerprint density at radius 3 is 2.21 bits per heavy atom. The number of carbonyl (C=O) groups is 1. The molecule has 2 unspecified atom stereocenters. The van der Waals surface area contributed by atoms with Crippen LogP contribution in [0.15, 0.2) is 24.3 Å². The Kier molecular flexibility index (Phi) is 8.30. The number of ether oxygens (including phenoxy) is 1. The Labute approximate surface area is 148 Å². The van der Waals surface area contributed by atoms with Crippen LogP contribution in [-0.2, 0) is 16.1 Å². The van der Waals surface area contributed by atoms with Crippen LogP contribution < -0.4 is 5.32 Å². The van der Waals surface area contributed by atoms with Gasteiger partial charge in [-0.2, -0.15) is 0 Å². The van der Waals surface area contributed by atoms with Crippen molar-refractivity contribution in [2.75, 3.05) is 5.32 Å². The summed E-state index contributed by atoms with van der Waals surface area (Å²) in [6.45, 7) is 13.2. The van der Waals surface area contributed by atoms with Crippen molar-refractivity contribution in [3.63, 3.8) is 0 Å². The highest BCUT2D eigenvalue weighted by Crippen LogP contribution is 2.22. The third kappa shape index (κ3) is 6.18. The molecule has 1 aromatic rings. The number of anilines is 1. The van der Waals surface area contributed by atoms with Crippen LogP contribution in [0.2, 0.25) is 0 Å². The quantitative estimate of drug-likeness (QED) is 0.550. The zero-order chi connectivity index (χ0) is 18.2. The van der Waals surface area contributed by atoms with E-state index < -0.39 is 0 Å². The van der Waals surface area contributed by atoms with E-state index in [2.05, 4.69) is 52.1 Å². The third-order valence-corrected chi connectivity index (χ3v) is 5.31. The van der Waals surface area contributed by atoms with Crippen LogP contribution >= 0.6 is 0 Å². The molecule has 3 nitrogen and oxygen atoms in total. The average Bonchev–Trinajstić information content (AvgIpc) is 2.60. The van der Waals surface area contributed by atoms with E-state index in [1.807, 2.05) is 19.1 Å². The minimum Gasteiger partial charge on any atom is -0.461 e. The molecule has 24 heavy (non-hydrogen) atoms. The molecule has 0 aromatic heterocycles. The zero-order valence-electron chi connectivity index (χ0n) is 16.3. The molecule has 0 saturated carbocycles. The second-order valence-corrected chi connectivity index (χ2v) is 7.25. The van der Waals surface area contributed by atoms with Gasteiger partial charge in [-0.15, -0.1) is 0 Å². The standard InChI is InChI=1S/C21H35NO2/c1-7-10-16(4)17(5)20(23)24-15-18-11-13-19(14-12-18)22-21(6,8-2)9-3/h11-14,16-17,22H,7-10,15H2,1-6H3. The highest BCUT2D eigenvalue weighted by atomic mass is 16.5. The first kappa shape index (κ1) is 20.5. The van der Waals surface area contributed by atoms with Crippen LogP contribution in [0.1, 0.15) is 72.8 Å². The molecule has 0 aliphatic rings. The topological polar surface area (TPSA) is 38.3 Å². The third-order valence-electron chi connectivity index (χ3n) is 5.31. The number of nitrogens with one attached hydrogen (secondary N) is 1. The van der Waals surface area contributed by atoms with Crippen LogP contribution in [0.3, 0.4) is 0 Å². The maximum absolute atomic E-state index is 12.1. The van der Waals surface area contributed by atoms with Crippen LogP contribution in [0.25, 0.3) is 0 Å². The van der Waals surface area contributed by atoms with Gasteiger partial charge in [0.15, 0.2) is 0 Å². The van der Waals surface area contributed by atoms with Gasteiger partial charge in [0.2, 0.25) is 0 Å². The maximum Gasteiger partial charge on any atom is 0.309 e. The molecule has 0 bridgehead atoms. The van der Waals surface area contributed by atoms with Gasteiger partial charge in [-0.3, -0.25) is 4.79 Å². The molecule has 136 valence electrons. The molecule has 3 heteroatoms. The van der Waals surface area contributed by atoms with Gasteiger partial charge < -0.3 is 10.1 Å². The van der Waals surface area contributed by atoms with Gasteiger partial charge >= 0.3 is 5.97 Å². The van der Waals surface area contributed by atoms with Gasteiger partial charge in [0.05, 0.1) is 5.92 Å². The molecular formula is C21H35NO2. The fourth-order valence-corrected chi connectivity index (χ4v) is 2.68. The minimum absolute atomic E-state index is 0.0410. The smallest absolute Gasteiger partial charge is 0.309 e. The van der Waals surface area contributed by atoms with Crippen LogP contribution in [0.5, 0.6) is 0 Å². The van der Waals surface area contributed by atoms with Crippen molar-refractivity contribution in [3.8, 4) is 0 Å². The fraction of sp³-hybridized carbons (Fsp3) is 0.667. The monoisotopic (exact) mass is 333 g/mol. The van der Waals surface area contributed by atoms with E-state index in [-0.39, 0.29) is 17.4 Å². The molecule has 0 aliphatic carbocycles. The lowest BCUT2D eigenvalue weighted by molar-refractivity contribution is -0.151. The predicted octanol–water partition coefficient (Wildman–Crippen LogP) is 5.79. The van der Waals surface area contributed by atoms with Gasteiger partial charge in [-0.1, -0.05) is 59.6 Å². The van der Waals surface area contributed by atoms with E-state index in [1.165, 1.54) is 0 Å². The van der Waals surface area contributed by atoms with Crippen LogP contribution in [0, 0.1) is 11.8 Å². The summed E-state index contributed by atoms with van der Waals surface area (Å²) < 4.78 is 5.48. The predicted molar refractivity (Wildman–Crippen MR) is 102 cm³/mol. The molecule has 1 aromatic carbocycles. The van der Waals surface area contributed by atoms with Crippen molar-refractivity contribution in [2.45, 2.75) is 79.4 Å². The summed E-state index contributed by atoms with van der Waals surface area (Å²) in [7, 11) is 0. The van der Waals surface area contributed by atoms with Gasteiger partial charge in [0.1, 0.15) is 6.61 Å². The molecule has 0 radical (unpaired) electrons. The number of hydrogen-bond acceptors (Lipinski definition) is 3. The number of carbonyl (C=O) groups excluding carboxylic acids is 1. The normalized spacial score (nSPS) is 14.1. The molecule has 0 saturated heterocycles. The van der Waals surface area contributed by atoms with Gasteiger partial charge in [-0.25, -0.2) is 0 Å². The Morgan fingerprint density at radius 1 is 1.12 bits per heavy atom. The van der Waals surface area contributed by atoms with E-state index in [0.29, 0.717) is 12.5 Å². The average molecular weight is 334 g/mol. The largest absolute Gasteiger partial charge is 0.461 e. The molecule has 0 heterocycles. The van der Waals surface area contributed by atoms with Gasteiger partial charge in [0.25, 0.3) is 0 Å². The number of hydrogen-bond donors (Lipinski definition) is 1. The Hall–Kier alpha value is -1.51. The Balaban J connectivity index is 2.54. The maximum atomic E-state index is 12.1. The summed E-state index contributed by atoms with van der Waals surface area (Å²) in [4.78, 5) is 12.1. The first-order valence-corrected chi connectivity index (χ1v) is 9.39. The first-order valence-electron chi connectivity index (χ1n) is 9.39. The SMILES string of the molecule is CCCC(C)C(C)C(=O)OCc1ccc(NC(C)(CC)CC)cc1. The first-order chi connectivity index (χ1) is 11.3. The van der Waals surface area contributed by atoms with Crippen LogP contribution in [0.4, 0.5) is 5.69 Å². The molecule has 0 spiro atoms. The Bertz CT molecular complexity index is 491. The summed E-state index contributed by atoms with van der Waals surface area (Å²) >= 11 is 0. The zero-order valence-corrected chi connectivity index (χ0v) is 16.3. The molecule has 0 aliphatic heterocycles. The van der Waals surface area contributed by atoms with Gasteiger partial charge in [-0.05, 0) is 43.4 Å². The summed E-state index contributed by atoms with van der Waals surface area (Å²) in [6.07, 6.45) is 4.32. The summed E-state index contributed by atoms with van der Waals surface area (Å²) in [6, 6.07) is 8.19. The lowest BCUT2D eigenvalue weighted by Gasteiger charge is -2.29. The number of esters is 1. The van der Waals surface area contributed by atoms with Crippen molar-refractivity contribution in [1.82, 2.24) is 0 Å². The molecule has 2 atom stereocenters. The minimum atomic E-state index is -0.0947. The van der Waals surface area contributed by atoms with Crippen molar-refractivity contribution in [1.29, 1.82) is 0 Å². The molecule has 1 N–H and O–H groups in total. The highest BCUT2D eigenvalue weighted by Gasteiger charge is 2.21. The lowest BCUT2D eigenvalue weighted by atomic mass is 9.92. The second kappa shape index (κ2) is 9.71. The number of benzene rings is 1. The number of rotatable bonds is 10. The fourth-order valence-electron chi connectivity index (χ4n) is 2.68. The van der Waals surface area contributed by atoms with E-state index in [1.54, 1.807) is 0 Å². The summed E-state index contributed by atoms with van der Waals surface area (Å²) in [5.74, 6) is 0.234. The molecule has 0 amide bonds. The molecule has 1 rings (SSSR count). The Morgan fingerprint density at radius 2 is 1.71 bits per heavy atom. The molecule has 0 fully saturated rings. The van der Waals surface area contributed by atoms with E-state index >= 15 is 0 Å². The van der Waals surface area contributed by atoms with Crippen molar-refractivity contribution < 1.29 is 9.53 Å². The van der Waals surface area contributed by atoms with E-state index in [9.17, 15) is 4.79 Å². The molecular weight excluding hydrogens is 298 g/mol. The summed E-state index contributed by atoms with van der Waals surface area (Å²) in [5, 5.41) is 3.59. The van der Waals surface area contributed by atoms with Crippen LogP contribution in [-0.4, -0.2) is 11.5 Å². The highest BCUT2D eigenvalue weighted by molar-refractivity contribution is 5.72. The van der Waals surface area contributed by atoms with Crippen molar-refractivity contribution in [2.24, 2.45) is 11.8 Å². The second-order valence-electron chi connectivity index (χ2n) is 7.25. The summed E-state index contributed by atoms with van der Waals surface area (Å²) in [5.41, 5.74) is 2.26. The van der Waals surface area contributed by atoms with Crippen molar-refractivity contribution in [3.05, 3.63) is 29.8 Å².